The van der Waals surface area contributed by atoms with Crippen LogP contribution >= 0.6 is 0 Å². The van der Waals surface area contributed by atoms with Gasteiger partial charge in [0.2, 0.25) is 0 Å². The molecule has 2 unspecified atom stereocenters. The first-order valence-electron chi connectivity index (χ1n) is 8.48. The molecule has 2 aliphatic rings. The summed E-state index contributed by atoms with van der Waals surface area (Å²) in [5, 5.41) is 0. The number of sulfonamides is 1. The standard InChI is InChI=1S/C19H19NO3SSe/c21-19-15-10-4-6-12-17(15)24(22,23)20(19)16-11-5-7-13-18(16)25-14-8-2-1-3-9-14/h1-4,6,8-10,12,16,18H,5,7,11,13H2. The monoisotopic (exact) mass is 421 g/mol. The number of hydrogen-bond acceptors (Lipinski definition) is 3. The molecule has 25 heavy (non-hydrogen) atoms. The average Bonchev–Trinajstić information content (AvgIpc) is 2.83. The number of rotatable bonds is 3. The zero-order chi connectivity index (χ0) is 17.4. The topological polar surface area (TPSA) is 54.5 Å². The van der Waals surface area contributed by atoms with Crippen LogP contribution in [0.5, 0.6) is 0 Å². The van der Waals surface area contributed by atoms with Crippen LogP contribution in [0.25, 0.3) is 0 Å². The minimum atomic E-state index is -3.73. The molecule has 1 fully saturated rings. The Balaban J connectivity index is 1.68. The van der Waals surface area contributed by atoms with Gasteiger partial charge in [0.05, 0.1) is 0 Å². The van der Waals surface area contributed by atoms with Crippen molar-refractivity contribution in [2.75, 3.05) is 0 Å². The van der Waals surface area contributed by atoms with E-state index < -0.39 is 10.0 Å². The summed E-state index contributed by atoms with van der Waals surface area (Å²) in [5.74, 6) is -0.351. The Bertz CT molecular complexity index is 898. The molecule has 1 aliphatic heterocycles. The summed E-state index contributed by atoms with van der Waals surface area (Å²) in [5.41, 5.74) is 0.319. The molecule has 0 N–H and O–H groups in total. The van der Waals surface area contributed by atoms with Crippen molar-refractivity contribution in [1.82, 2.24) is 4.31 Å². The van der Waals surface area contributed by atoms with Crippen LogP contribution in [0.1, 0.15) is 36.0 Å². The molecule has 0 bridgehead atoms. The molecule has 4 nitrogen and oxygen atoms in total. The zero-order valence-corrected chi connectivity index (χ0v) is 16.2. The van der Waals surface area contributed by atoms with E-state index >= 15 is 0 Å². The van der Waals surface area contributed by atoms with Gasteiger partial charge in [-0.3, -0.25) is 0 Å². The molecular formula is C19H19NO3SSe. The molecule has 2 aromatic rings. The molecule has 1 aliphatic carbocycles. The number of hydrogen-bond donors (Lipinski definition) is 0. The minimum absolute atomic E-state index is 0.150. The predicted octanol–water partition coefficient (Wildman–Crippen LogP) is 2.59. The van der Waals surface area contributed by atoms with Gasteiger partial charge in [0.1, 0.15) is 0 Å². The van der Waals surface area contributed by atoms with E-state index in [0.717, 1.165) is 25.7 Å². The Morgan fingerprint density at radius 2 is 1.60 bits per heavy atom. The van der Waals surface area contributed by atoms with Crippen LogP contribution in [-0.4, -0.2) is 39.6 Å². The summed E-state index contributed by atoms with van der Waals surface area (Å²) in [4.78, 5) is 13.3. The molecule has 2 atom stereocenters. The van der Waals surface area contributed by atoms with Crippen molar-refractivity contribution in [3.63, 3.8) is 0 Å². The van der Waals surface area contributed by atoms with Crippen molar-refractivity contribution in [2.24, 2.45) is 0 Å². The molecule has 1 amide bonds. The number of amides is 1. The first-order valence-corrected chi connectivity index (χ1v) is 11.8. The van der Waals surface area contributed by atoms with Crippen LogP contribution in [0, 0.1) is 0 Å². The van der Waals surface area contributed by atoms with Crippen molar-refractivity contribution in [1.29, 1.82) is 0 Å². The van der Waals surface area contributed by atoms with E-state index in [4.69, 9.17) is 0 Å². The fourth-order valence-electron chi connectivity index (χ4n) is 3.69. The third kappa shape index (κ3) is 2.92. The van der Waals surface area contributed by atoms with E-state index in [2.05, 4.69) is 12.1 Å². The Kier molecular flexibility index (Phi) is 4.44. The first-order chi connectivity index (χ1) is 12.1. The van der Waals surface area contributed by atoms with E-state index in [-0.39, 0.29) is 36.6 Å². The molecule has 2 aromatic carbocycles. The quantitative estimate of drug-likeness (QED) is 0.718. The van der Waals surface area contributed by atoms with Gasteiger partial charge in [0.15, 0.2) is 0 Å². The number of nitrogens with zero attached hydrogens (tertiary/aromatic N) is 1. The van der Waals surface area contributed by atoms with Crippen LogP contribution in [-0.2, 0) is 10.0 Å². The van der Waals surface area contributed by atoms with Crippen LogP contribution in [0.3, 0.4) is 0 Å². The Hall–Kier alpha value is -1.62. The van der Waals surface area contributed by atoms with E-state index in [1.807, 2.05) is 18.2 Å². The van der Waals surface area contributed by atoms with Gasteiger partial charge < -0.3 is 0 Å². The van der Waals surface area contributed by atoms with E-state index in [1.165, 1.54) is 8.77 Å². The molecule has 0 radical (unpaired) electrons. The molecule has 1 saturated carbocycles. The second-order valence-electron chi connectivity index (χ2n) is 6.42. The van der Waals surface area contributed by atoms with Gasteiger partial charge in [-0.05, 0) is 0 Å². The zero-order valence-electron chi connectivity index (χ0n) is 13.7. The Morgan fingerprint density at radius 1 is 0.920 bits per heavy atom. The Morgan fingerprint density at radius 3 is 2.36 bits per heavy atom. The van der Waals surface area contributed by atoms with E-state index in [9.17, 15) is 13.2 Å². The van der Waals surface area contributed by atoms with Gasteiger partial charge in [-0.25, -0.2) is 0 Å². The van der Waals surface area contributed by atoms with Gasteiger partial charge in [-0.2, -0.15) is 0 Å². The van der Waals surface area contributed by atoms with Gasteiger partial charge in [0, 0.05) is 0 Å². The number of carbonyl (C=O) groups excluding carboxylic acids is 1. The molecule has 130 valence electrons. The third-order valence-electron chi connectivity index (χ3n) is 4.85. The van der Waals surface area contributed by atoms with Crippen LogP contribution in [0.2, 0.25) is 4.82 Å². The van der Waals surface area contributed by atoms with Crippen molar-refractivity contribution >= 4 is 35.3 Å². The van der Waals surface area contributed by atoms with Crippen LogP contribution in [0.15, 0.2) is 59.5 Å². The van der Waals surface area contributed by atoms with Crippen molar-refractivity contribution in [3.8, 4) is 0 Å². The Labute approximate surface area is 154 Å². The molecule has 6 heteroatoms. The van der Waals surface area contributed by atoms with Gasteiger partial charge in [-0.15, -0.1) is 0 Å². The SMILES string of the molecule is O=C1c2ccccc2S(=O)(=O)N1C1CCCCC1[Se]c1ccccc1. The van der Waals surface area contributed by atoms with Crippen molar-refractivity contribution in [3.05, 3.63) is 60.2 Å². The summed E-state index contributed by atoms with van der Waals surface area (Å²) in [6.07, 6.45) is 3.82. The van der Waals surface area contributed by atoms with Crippen molar-refractivity contribution < 1.29 is 13.2 Å². The number of carbonyl (C=O) groups is 1. The summed E-state index contributed by atoms with van der Waals surface area (Å²) in [6.45, 7) is 0. The normalized spacial score (nSPS) is 25.0. The predicted molar refractivity (Wildman–Crippen MR) is 97.6 cm³/mol. The number of benzene rings is 2. The molecule has 4 rings (SSSR count). The molecule has 0 spiro atoms. The third-order valence-corrected chi connectivity index (χ3v) is 9.65. The number of fused-ring (bicyclic) bond motifs is 1. The molecular weight excluding hydrogens is 401 g/mol. The van der Waals surface area contributed by atoms with Gasteiger partial charge in [-0.1, -0.05) is 0 Å². The fraction of sp³-hybridized carbons (Fsp3) is 0.316. The molecule has 1 heterocycles. The maximum absolute atomic E-state index is 13.0. The van der Waals surface area contributed by atoms with Crippen molar-refractivity contribution in [2.45, 2.75) is 41.4 Å². The van der Waals surface area contributed by atoms with E-state index in [1.54, 1.807) is 24.3 Å². The maximum atomic E-state index is 13.0. The van der Waals surface area contributed by atoms with Crippen LogP contribution < -0.4 is 4.46 Å². The molecule has 0 saturated heterocycles. The van der Waals surface area contributed by atoms with Gasteiger partial charge >= 0.3 is 154 Å². The second-order valence-corrected chi connectivity index (χ2v) is 11.0. The first kappa shape index (κ1) is 16.8. The summed E-state index contributed by atoms with van der Waals surface area (Å²) in [6, 6.07) is 16.6. The fourth-order valence-corrected chi connectivity index (χ4v) is 8.54. The average molecular weight is 420 g/mol. The summed E-state index contributed by atoms with van der Waals surface area (Å²) < 4.78 is 28.5. The molecule has 0 aromatic heterocycles. The second kappa shape index (κ2) is 6.60. The summed E-state index contributed by atoms with van der Waals surface area (Å²) >= 11 is 0.150. The van der Waals surface area contributed by atoms with Gasteiger partial charge in [0.25, 0.3) is 0 Å². The van der Waals surface area contributed by atoms with Crippen LogP contribution in [0.4, 0.5) is 0 Å². The van der Waals surface area contributed by atoms with E-state index in [0.29, 0.717) is 5.56 Å². The summed E-state index contributed by atoms with van der Waals surface area (Å²) in [7, 11) is -3.73.